The number of carbonyl (C=O) groups excluding carboxylic acids is 2. The van der Waals surface area contributed by atoms with Crippen LogP contribution in [0.2, 0.25) is 0 Å². The third-order valence-electron chi connectivity index (χ3n) is 4.53. The molecule has 0 radical (unpaired) electrons. The van der Waals surface area contributed by atoms with Gasteiger partial charge in [-0.1, -0.05) is 24.3 Å². The SMILES string of the molecule is COc1ccc(CN(C(=O)COc2cccc(C)c2)[C@H](C)C(=O)NC(C)(C)C)cc1. The number of benzene rings is 2. The number of ether oxygens (including phenoxy) is 2. The van der Waals surface area contributed by atoms with Gasteiger partial charge in [0.2, 0.25) is 5.91 Å². The highest BCUT2D eigenvalue weighted by molar-refractivity contribution is 5.88. The highest BCUT2D eigenvalue weighted by atomic mass is 16.5. The van der Waals surface area contributed by atoms with Gasteiger partial charge in [0.25, 0.3) is 5.91 Å². The van der Waals surface area contributed by atoms with Gasteiger partial charge < -0.3 is 19.7 Å². The fourth-order valence-electron chi connectivity index (χ4n) is 2.92. The summed E-state index contributed by atoms with van der Waals surface area (Å²) in [7, 11) is 1.60. The molecule has 162 valence electrons. The predicted octanol–water partition coefficient (Wildman–Crippen LogP) is 3.71. The van der Waals surface area contributed by atoms with E-state index in [1.807, 2.05) is 76.2 Å². The monoisotopic (exact) mass is 412 g/mol. The van der Waals surface area contributed by atoms with Crippen molar-refractivity contribution < 1.29 is 19.1 Å². The van der Waals surface area contributed by atoms with Crippen LogP contribution in [0.4, 0.5) is 0 Å². The third-order valence-corrected chi connectivity index (χ3v) is 4.53. The van der Waals surface area contributed by atoms with Crippen LogP contribution in [-0.2, 0) is 16.1 Å². The summed E-state index contributed by atoms with van der Waals surface area (Å²) >= 11 is 0. The van der Waals surface area contributed by atoms with Gasteiger partial charge in [0.1, 0.15) is 17.5 Å². The molecule has 0 saturated carbocycles. The molecule has 1 atom stereocenters. The van der Waals surface area contributed by atoms with Crippen molar-refractivity contribution in [2.75, 3.05) is 13.7 Å². The van der Waals surface area contributed by atoms with Crippen LogP contribution in [0.15, 0.2) is 48.5 Å². The number of amides is 2. The molecule has 2 aromatic rings. The van der Waals surface area contributed by atoms with E-state index < -0.39 is 11.6 Å². The molecule has 0 aliphatic rings. The number of carbonyl (C=O) groups is 2. The molecule has 1 N–H and O–H groups in total. The summed E-state index contributed by atoms with van der Waals surface area (Å²) in [5, 5.41) is 2.95. The lowest BCUT2D eigenvalue weighted by Gasteiger charge is -2.31. The molecule has 0 heterocycles. The number of hydrogen-bond acceptors (Lipinski definition) is 4. The molecule has 6 nitrogen and oxygen atoms in total. The zero-order valence-corrected chi connectivity index (χ0v) is 18.7. The molecular weight excluding hydrogens is 380 g/mol. The number of aryl methyl sites for hydroxylation is 1. The van der Waals surface area contributed by atoms with Crippen molar-refractivity contribution in [3.63, 3.8) is 0 Å². The third kappa shape index (κ3) is 7.10. The van der Waals surface area contributed by atoms with E-state index in [9.17, 15) is 9.59 Å². The standard InChI is InChI=1S/C24H32N2O4/c1-17-8-7-9-21(14-17)30-16-22(27)26(18(2)23(28)25-24(3,4)5)15-19-10-12-20(29-6)13-11-19/h7-14,18H,15-16H2,1-6H3,(H,25,28)/t18-/m1/s1. The highest BCUT2D eigenvalue weighted by Gasteiger charge is 2.28. The number of methoxy groups -OCH3 is 1. The quantitative estimate of drug-likeness (QED) is 0.718. The van der Waals surface area contributed by atoms with Crippen molar-refractivity contribution in [1.29, 1.82) is 0 Å². The van der Waals surface area contributed by atoms with E-state index in [1.54, 1.807) is 18.9 Å². The second-order valence-electron chi connectivity index (χ2n) is 8.39. The predicted molar refractivity (Wildman–Crippen MR) is 118 cm³/mol. The van der Waals surface area contributed by atoms with Crippen molar-refractivity contribution in [3.05, 3.63) is 59.7 Å². The van der Waals surface area contributed by atoms with Gasteiger partial charge in [-0.3, -0.25) is 9.59 Å². The first kappa shape index (κ1) is 23.3. The summed E-state index contributed by atoms with van der Waals surface area (Å²) in [6.07, 6.45) is 0. The minimum Gasteiger partial charge on any atom is -0.497 e. The first-order chi connectivity index (χ1) is 14.1. The summed E-state index contributed by atoms with van der Waals surface area (Å²) in [5.41, 5.74) is 1.56. The molecule has 2 amide bonds. The summed E-state index contributed by atoms with van der Waals surface area (Å²) in [6.45, 7) is 9.57. The number of nitrogens with one attached hydrogen (secondary N) is 1. The van der Waals surface area contributed by atoms with Gasteiger partial charge in [-0.2, -0.15) is 0 Å². The van der Waals surface area contributed by atoms with Crippen LogP contribution in [0, 0.1) is 6.92 Å². The average Bonchev–Trinajstić information content (AvgIpc) is 2.69. The van der Waals surface area contributed by atoms with Gasteiger partial charge in [0.15, 0.2) is 6.61 Å². The molecule has 6 heteroatoms. The van der Waals surface area contributed by atoms with Crippen LogP contribution in [-0.4, -0.2) is 42.0 Å². The molecule has 0 aromatic heterocycles. The van der Waals surface area contributed by atoms with Gasteiger partial charge in [0.05, 0.1) is 7.11 Å². The maximum atomic E-state index is 13.0. The average molecular weight is 413 g/mol. The zero-order chi connectivity index (χ0) is 22.3. The summed E-state index contributed by atoms with van der Waals surface area (Å²) in [4.78, 5) is 27.3. The Morgan fingerprint density at radius 3 is 2.30 bits per heavy atom. The molecule has 0 saturated heterocycles. The van der Waals surface area contributed by atoms with Crippen LogP contribution >= 0.6 is 0 Å². The van der Waals surface area contributed by atoms with Crippen LogP contribution in [0.3, 0.4) is 0 Å². The van der Waals surface area contributed by atoms with Gasteiger partial charge in [-0.05, 0) is 70.0 Å². The molecule has 30 heavy (non-hydrogen) atoms. The molecule has 0 aliphatic carbocycles. The van der Waals surface area contributed by atoms with E-state index in [0.29, 0.717) is 12.3 Å². The second-order valence-corrected chi connectivity index (χ2v) is 8.39. The Hall–Kier alpha value is -3.02. The molecule has 0 unspecified atom stereocenters. The molecule has 0 spiro atoms. The minimum absolute atomic E-state index is 0.146. The topological polar surface area (TPSA) is 67.9 Å². The lowest BCUT2D eigenvalue weighted by Crippen LogP contribution is -2.53. The van der Waals surface area contributed by atoms with E-state index in [2.05, 4.69) is 5.32 Å². The molecular formula is C24H32N2O4. The fraction of sp³-hybridized carbons (Fsp3) is 0.417. The van der Waals surface area contributed by atoms with Crippen molar-refractivity contribution >= 4 is 11.8 Å². The fourth-order valence-corrected chi connectivity index (χ4v) is 2.92. The highest BCUT2D eigenvalue weighted by Crippen LogP contribution is 2.17. The Balaban J connectivity index is 2.17. The lowest BCUT2D eigenvalue weighted by molar-refractivity contribution is -0.142. The maximum absolute atomic E-state index is 13.0. The normalized spacial score (nSPS) is 12.1. The van der Waals surface area contributed by atoms with Crippen LogP contribution in [0.25, 0.3) is 0 Å². The van der Waals surface area contributed by atoms with E-state index in [0.717, 1.165) is 16.9 Å². The van der Waals surface area contributed by atoms with Crippen LogP contribution < -0.4 is 14.8 Å². The molecule has 2 aromatic carbocycles. The lowest BCUT2D eigenvalue weighted by atomic mass is 10.1. The van der Waals surface area contributed by atoms with Crippen molar-refractivity contribution in [3.8, 4) is 11.5 Å². The second kappa shape index (κ2) is 10.1. The first-order valence-electron chi connectivity index (χ1n) is 10.0. The van der Waals surface area contributed by atoms with Gasteiger partial charge >= 0.3 is 0 Å². The van der Waals surface area contributed by atoms with Crippen molar-refractivity contribution in [2.24, 2.45) is 0 Å². The first-order valence-corrected chi connectivity index (χ1v) is 10.0. The Morgan fingerprint density at radius 2 is 1.73 bits per heavy atom. The van der Waals surface area contributed by atoms with E-state index in [-0.39, 0.29) is 18.4 Å². The molecule has 0 fully saturated rings. The largest absolute Gasteiger partial charge is 0.497 e. The van der Waals surface area contributed by atoms with E-state index in [4.69, 9.17) is 9.47 Å². The molecule has 0 bridgehead atoms. The summed E-state index contributed by atoms with van der Waals surface area (Å²) < 4.78 is 10.9. The van der Waals surface area contributed by atoms with Crippen LogP contribution in [0.5, 0.6) is 11.5 Å². The van der Waals surface area contributed by atoms with Crippen LogP contribution in [0.1, 0.15) is 38.8 Å². The van der Waals surface area contributed by atoms with Gasteiger partial charge in [-0.15, -0.1) is 0 Å². The number of nitrogens with zero attached hydrogens (tertiary/aromatic N) is 1. The Morgan fingerprint density at radius 1 is 1.07 bits per heavy atom. The molecule has 2 rings (SSSR count). The summed E-state index contributed by atoms with van der Waals surface area (Å²) in [6, 6.07) is 14.3. The Bertz CT molecular complexity index is 856. The van der Waals surface area contributed by atoms with Gasteiger partial charge in [0, 0.05) is 12.1 Å². The van der Waals surface area contributed by atoms with Crippen molar-refractivity contribution in [1.82, 2.24) is 10.2 Å². The Labute approximate surface area is 179 Å². The van der Waals surface area contributed by atoms with Crippen molar-refractivity contribution in [2.45, 2.75) is 52.7 Å². The smallest absolute Gasteiger partial charge is 0.261 e. The van der Waals surface area contributed by atoms with Gasteiger partial charge in [-0.25, -0.2) is 0 Å². The molecule has 0 aliphatic heterocycles. The minimum atomic E-state index is -0.653. The van der Waals surface area contributed by atoms with E-state index >= 15 is 0 Å². The summed E-state index contributed by atoms with van der Waals surface area (Å²) in [5.74, 6) is 0.890. The van der Waals surface area contributed by atoms with E-state index in [1.165, 1.54) is 0 Å². The number of hydrogen-bond donors (Lipinski definition) is 1. The Kier molecular flexibility index (Phi) is 7.86. The number of rotatable bonds is 8. The zero-order valence-electron chi connectivity index (χ0n) is 18.7. The maximum Gasteiger partial charge on any atom is 0.261 e.